The van der Waals surface area contributed by atoms with Crippen molar-refractivity contribution in [2.45, 2.75) is 0 Å². The van der Waals surface area contributed by atoms with Crippen LogP contribution in [0.5, 0.6) is 5.75 Å². The molecule has 4 heteroatoms. The van der Waals surface area contributed by atoms with E-state index in [-0.39, 0.29) is 0 Å². The monoisotopic (exact) mass is 248 g/mol. The van der Waals surface area contributed by atoms with Gasteiger partial charge >= 0.3 is 0 Å². The lowest BCUT2D eigenvalue weighted by atomic mass is 10.1. The minimum absolute atomic E-state index is 0.664. The van der Waals surface area contributed by atoms with Gasteiger partial charge in [-0.05, 0) is 30.3 Å². The van der Waals surface area contributed by atoms with Crippen molar-refractivity contribution >= 4 is 17.4 Å². The molecule has 0 unspecified atom stereocenters. The van der Waals surface area contributed by atoms with E-state index in [1.165, 1.54) is 0 Å². The van der Waals surface area contributed by atoms with Crippen LogP contribution >= 0.6 is 11.6 Å². The highest BCUT2D eigenvalue weighted by Gasteiger charge is 2.08. The maximum absolute atomic E-state index is 6.00. The third-order valence-electron chi connectivity index (χ3n) is 2.44. The fraction of sp³-hybridized carbons (Fsp3) is 0.154. The molecule has 1 aromatic carbocycles. The molecular weight excluding hydrogens is 236 g/mol. The van der Waals surface area contributed by atoms with Crippen LogP contribution in [0.1, 0.15) is 0 Å². The van der Waals surface area contributed by atoms with Crippen LogP contribution in [0.2, 0.25) is 5.02 Å². The second kappa shape index (κ2) is 5.06. The Balaban J connectivity index is 2.54. The fourth-order valence-corrected chi connectivity index (χ4v) is 1.78. The SMILES string of the molecule is CNc1cccc(-c2cc(Cl)ccc2OC)n1. The standard InChI is InChI=1S/C13H13ClN2O/c1-15-13-5-3-4-11(16-13)10-8-9(14)6-7-12(10)17-2/h3-8H,1-2H3,(H,15,16). The van der Waals surface area contributed by atoms with Crippen molar-refractivity contribution < 1.29 is 4.74 Å². The van der Waals surface area contributed by atoms with Gasteiger partial charge in [0, 0.05) is 17.6 Å². The zero-order valence-corrected chi connectivity index (χ0v) is 10.5. The lowest BCUT2D eigenvalue weighted by Gasteiger charge is -2.09. The van der Waals surface area contributed by atoms with E-state index >= 15 is 0 Å². The van der Waals surface area contributed by atoms with Crippen LogP contribution < -0.4 is 10.1 Å². The van der Waals surface area contributed by atoms with E-state index < -0.39 is 0 Å². The molecule has 88 valence electrons. The molecule has 2 aromatic rings. The number of nitrogens with zero attached hydrogens (tertiary/aromatic N) is 1. The molecule has 0 spiro atoms. The predicted molar refractivity (Wildman–Crippen MR) is 70.8 cm³/mol. The average molecular weight is 249 g/mol. The zero-order chi connectivity index (χ0) is 12.3. The fourth-order valence-electron chi connectivity index (χ4n) is 1.60. The number of halogens is 1. The molecule has 1 heterocycles. The molecule has 0 amide bonds. The Bertz CT molecular complexity index is 529. The number of benzene rings is 1. The second-order valence-electron chi connectivity index (χ2n) is 3.50. The quantitative estimate of drug-likeness (QED) is 0.903. The van der Waals surface area contributed by atoms with E-state index in [1.807, 2.05) is 37.4 Å². The van der Waals surface area contributed by atoms with Crippen LogP contribution in [-0.2, 0) is 0 Å². The van der Waals surface area contributed by atoms with E-state index in [0.717, 1.165) is 22.8 Å². The van der Waals surface area contributed by atoms with Gasteiger partial charge in [0.25, 0.3) is 0 Å². The maximum Gasteiger partial charge on any atom is 0.128 e. The maximum atomic E-state index is 6.00. The van der Waals surface area contributed by atoms with Crippen LogP contribution in [0.3, 0.4) is 0 Å². The van der Waals surface area contributed by atoms with Crippen molar-refractivity contribution in [3.05, 3.63) is 41.4 Å². The summed E-state index contributed by atoms with van der Waals surface area (Å²) in [6.07, 6.45) is 0. The lowest BCUT2D eigenvalue weighted by Crippen LogP contribution is -1.95. The normalized spacial score (nSPS) is 10.1. The number of ether oxygens (including phenoxy) is 1. The Hall–Kier alpha value is -1.74. The van der Waals surface area contributed by atoms with Gasteiger partial charge in [0.05, 0.1) is 12.8 Å². The number of rotatable bonds is 3. The number of hydrogen-bond donors (Lipinski definition) is 1. The summed E-state index contributed by atoms with van der Waals surface area (Å²) in [7, 11) is 3.47. The molecule has 0 saturated carbocycles. The third kappa shape index (κ3) is 2.50. The van der Waals surface area contributed by atoms with Crippen molar-refractivity contribution in [3.8, 4) is 17.0 Å². The van der Waals surface area contributed by atoms with E-state index in [0.29, 0.717) is 5.02 Å². The molecule has 0 fully saturated rings. The average Bonchev–Trinajstić information content (AvgIpc) is 2.39. The topological polar surface area (TPSA) is 34.1 Å². The Morgan fingerprint density at radius 2 is 2.06 bits per heavy atom. The van der Waals surface area contributed by atoms with Gasteiger partial charge < -0.3 is 10.1 Å². The molecule has 0 saturated heterocycles. The number of aromatic nitrogens is 1. The summed E-state index contributed by atoms with van der Waals surface area (Å²) in [5.41, 5.74) is 1.72. The van der Waals surface area contributed by atoms with Crippen LogP contribution in [0.15, 0.2) is 36.4 Å². The Morgan fingerprint density at radius 3 is 2.76 bits per heavy atom. The van der Waals surface area contributed by atoms with E-state index in [1.54, 1.807) is 13.2 Å². The van der Waals surface area contributed by atoms with Gasteiger partial charge in [0.1, 0.15) is 11.6 Å². The molecule has 2 rings (SSSR count). The Morgan fingerprint density at radius 1 is 1.24 bits per heavy atom. The molecule has 0 aliphatic rings. The summed E-state index contributed by atoms with van der Waals surface area (Å²) in [5, 5.41) is 3.67. The van der Waals surface area contributed by atoms with Crippen molar-refractivity contribution in [1.29, 1.82) is 0 Å². The molecule has 0 aliphatic heterocycles. The number of hydrogen-bond acceptors (Lipinski definition) is 3. The van der Waals surface area contributed by atoms with Crippen LogP contribution in [0.4, 0.5) is 5.82 Å². The first-order valence-electron chi connectivity index (χ1n) is 5.23. The highest BCUT2D eigenvalue weighted by Crippen LogP contribution is 2.31. The van der Waals surface area contributed by atoms with Crippen LogP contribution in [-0.4, -0.2) is 19.1 Å². The first kappa shape index (κ1) is 11.7. The van der Waals surface area contributed by atoms with Crippen molar-refractivity contribution in [2.75, 3.05) is 19.5 Å². The van der Waals surface area contributed by atoms with Crippen molar-refractivity contribution in [2.24, 2.45) is 0 Å². The first-order valence-corrected chi connectivity index (χ1v) is 5.61. The smallest absolute Gasteiger partial charge is 0.128 e. The molecule has 3 nitrogen and oxygen atoms in total. The van der Waals surface area contributed by atoms with Gasteiger partial charge in [-0.2, -0.15) is 0 Å². The number of pyridine rings is 1. The van der Waals surface area contributed by atoms with E-state index in [2.05, 4.69) is 10.3 Å². The third-order valence-corrected chi connectivity index (χ3v) is 2.68. The molecular formula is C13H13ClN2O. The van der Waals surface area contributed by atoms with Gasteiger partial charge in [-0.1, -0.05) is 17.7 Å². The molecule has 0 atom stereocenters. The lowest BCUT2D eigenvalue weighted by molar-refractivity contribution is 0.416. The summed E-state index contributed by atoms with van der Waals surface area (Å²) in [6, 6.07) is 11.3. The Labute approximate surface area is 105 Å². The summed E-state index contributed by atoms with van der Waals surface area (Å²) < 4.78 is 5.31. The predicted octanol–water partition coefficient (Wildman–Crippen LogP) is 3.45. The van der Waals surface area contributed by atoms with Crippen LogP contribution in [0.25, 0.3) is 11.3 Å². The van der Waals surface area contributed by atoms with Crippen molar-refractivity contribution in [3.63, 3.8) is 0 Å². The van der Waals surface area contributed by atoms with Gasteiger partial charge in [-0.25, -0.2) is 4.98 Å². The zero-order valence-electron chi connectivity index (χ0n) is 9.70. The number of anilines is 1. The minimum Gasteiger partial charge on any atom is -0.496 e. The molecule has 0 bridgehead atoms. The van der Waals surface area contributed by atoms with E-state index in [9.17, 15) is 0 Å². The molecule has 1 aromatic heterocycles. The van der Waals surface area contributed by atoms with Gasteiger partial charge in [0.2, 0.25) is 0 Å². The van der Waals surface area contributed by atoms with Crippen molar-refractivity contribution in [1.82, 2.24) is 4.98 Å². The summed E-state index contributed by atoms with van der Waals surface area (Å²) in [4.78, 5) is 4.46. The highest BCUT2D eigenvalue weighted by atomic mass is 35.5. The highest BCUT2D eigenvalue weighted by molar-refractivity contribution is 6.30. The number of methoxy groups -OCH3 is 1. The summed E-state index contributed by atoms with van der Waals surface area (Å²) in [5.74, 6) is 1.57. The molecule has 1 N–H and O–H groups in total. The summed E-state index contributed by atoms with van der Waals surface area (Å²) >= 11 is 6.00. The molecule has 0 radical (unpaired) electrons. The van der Waals surface area contributed by atoms with Gasteiger partial charge in [-0.3, -0.25) is 0 Å². The van der Waals surface area contributed by atoms with Crippen LogP contribution in [0, 0.1) is 0 Å². The minimum atomic E-state index is 0.664. The second-order valence-corrected chi connectivity index (χ2v) is 3.94. The largest absolute Gasteiger partial charge is 0.496 e. The van der Waals surface area contributed by atoms with Gasteiger partial charge in [0.15, 0.2) is 0 Å². The molecule has 17 heavy (non-hydrogen) atoms. The van der Waals surface area contributed by atoms with E-state index in [4.69, 9.17) is 16.3 Å². The molecule has 0 aliphatic carbocycles. The summed E-state index contributed by atoms with van der Waals surface area (Å²) in [6.45, 7) is 0. The first-order chi connectivity index (χ1) is 8.24. The Kier molecular flexibility index (Phi) is 3.49. The number of nitrogens with one attached hydrogen (secondary N) is 1. The van der Waals surface area contributed by atoms with Gasteiger partial charge in [-0.15, -0.1) is 0 Å².